The average molecular weight is 205 g/mol. The molecule has 1 aromatic heterocycles. The van der Waals surface area contributed by atoms with Crippen LogP contribution in [0.1, 0.15) is 5.56 Å². The van der Waals surface area contributed by atoms with Crippen molar-refractivity contribution in [1.29, 1.82) is 0 Å². The van der Waals surface area contributed by atoms with E-state index in [1.54, 1.807) is 16.9 Å². The molecule has 2 aromatic rings. The van der Waals surface area contributed by atoms with Gasteiger partial charge in [-0.15, -0.1) is 0 Å². The van der Waals surface area contributed by atoms with Crippen LogP contribution in [0.3, 0.4) is 0 Å². The minimum atomic E-state index is -0.226. The molecule has 0 aliphatic rings. The maximum atomic E-state index is 13.1. The van der Waals surface area contributed by atoms with E-state index in [9.17, 15) is 4.39 Å². The summed E-state index contributed by atoms with van der Waals surface area (Å²) in [6, 6.07) is 6.53. The zero-order valence-electron chi connectivity index (χ0n) is 8.44. The van der Waals surface area contributed by atoms with E-state index in [0.29, 0.717) is 6.54 Å². The van der Waals surface area contributed by atoms with Gasteiger partial charge in [0, 0.05) is 18.9 Å². The van der Waals surface area contributed by atoms with Gasteiger partial charge in [-0.05, 0) is 36.9 Å². The van der Waals surface area contributed by atoms with E-state index in [0.717, 1.165) is 11.3 Å². The topological polar surface area (TPSA) is 29.9 Å². The maximum absolute atomic E-state index is 13.1. The zero-order valence-corrected chi connectivity index (χ0v) is 8.44. The van der Waals surface area contributed by atoms with Gasteiger partial charge in [0.15, 0.2) is 0 Å². The van der Waals surface area contributed by atoms with Crippen molar-refractivity contribution in [2.45, 2.75) is 6.54 Å². The third kappa shape index (κ3) is 2.05. The molecule has 4 heteroatoms. The van der Waals surface area contributed by atoms with Crippen LogP contribution >= 0.6 is 0 Å². The molecule has 78 valence electrons. The summed E-state index contributed by atoms with van der Waals surface area (Å²) in [4.78, 5) is 0. The normalized spacial score (nSPS) is 10.5. The predicted octanol–water partition coefficient (Wildman–Crippen LogP) is 1.73. The summed E-state index contributed by atoms with van der Waals surface area (Å²) < 4.78 is 14.8. The van der Waals surface area contributed by atoms with Gasteiger partial charge < -0.3 is 5.32 Å². The smallest absolute Gasteiger partial charge is 0.123 e. The van der Waals surface area contributed by atoms with E-state index in [1.807, 2.05) is 19.3 Å². The van der Waals surface area contributed by atoms with E-state index < -0.39 is 0 Å². The molecule has 0 amide bonds. The summed E-state index contributed by atoms with van der Waals surface area (Å²) in [5, 5.41) is 7.13. The first-order valence-electron chi connectivity index (χ1n) is 4.74. The number of hydrogen-bond acceptors (Lipinski definition) is 2. The second kappa shape index (κ2) is 4.23. The quantitative estimate of drug-likeness (QED) is 0.827. The molecule has 0 fully saturated rings. The Balaban J connectivity index is 2.46. The number of aromatic nitrogens is 2. The van der Waals surface area contributed by atoms with Crippen molar-refractivity contribution in [1.82, 2.24) is 15.1 Å². The first-order valence-corrected chi connectivity index (χ1v) is 4.74. The van der Waals surface area contributed by atoms with Crippen LogP contribution in [0.5, 0.6) is 0 Å². The summed E-state index contributed by atoms with van der Waals surface area (Å²) in [6.45, 7) is 0.618. The highest BCUT2D eigenvalue weighted by molar-refractivity contribution is 5.40. The maximum Gasteiger partial charge on any atom is 0.123 e. The van der Waals surface area contributed by atoms with Crippen molar-refractivity contribution >= 4 is 0 Å². The van der Waals surface area contributed by atoms with E-state index >= 15 is 0 Å². The van der Waals surface area contributed by atoms with Gasteiger partial charge in [-0.3, -0.25) is 0 Å². The Morgan fingerprint density at radius 3 is 3.00 bits per heavy atom. The monoisotopic (exact) mass is 205 g/mol. The number of halogens is 1. The molecule has 0 unspecified atom stereocenters. The number of nitrogens with zero attached hydrogens (tertiary/aromatic N) is 2. The molecule has 0 aliphatic carbocycles. The van der Waals surface area contributed by atoms with Gasteiger partial charge in [-0.1, -0.05) is 0 Å². The number of nitrogens with one attached hydrogen (secondary N) is 1. The van der Waals surface area contributed by atoms with Gasteiger partial charge in [0.25, 0.3) is 0 Å². The molecule has 0 spiro atoms. The first-order chi connectivity index (χ1) is 7.31. The van der Waals surface area contributed by atoms with E-state index in [-0.39, 0.29) is 5.82 Å². The summed E-state index contributed by atoms with van der Waals surface area (Å²) in [5.74, 6) is -0.226. The molecule has 0 saturated carbocycles. The van der Waals surface area contributed by atoms with Crippen molar-refractivity contribution in [2.75, 3.05) is 7.05 Å². The van der Waals surface area contributed by atoms with Gasteiger partial charge in [0.05, 0.1) is 5.69 Å². The Morgan fingerprint density at radius 2 is 2.33 bits per heavy atom. The minimum Gasteiger partial charge on any atom is -0.316 e. The Kier molecular flexibility index (Phi) is 2.78. The van der Waals surface area contributed by atoms with Gasteiger partial charge >= 0.3 is 0 Å². The van der Waals surface area contributed by atoms with Crippen LogP contribution < -0.4 is 5.32 Å². The Labute approximate surface area is 87.5 Å². The molecular formula is C11H12FN3. The highest BCUT2D eigenvalue weighted by Crippen LogP contribution is 2.15. The largest absolute Gasteiger partial charge is 0.316 e. The predicted molar refractivity (Wildman–Crippen MR) is 56.3 cm³/mol. The SMILES string of the molecule is CNCc1cc(F)ccc1-n1cccn1. The number of rotatable bonds is 3. The molecule has 3 nitrogen and oxygen atoms in total. The third-order valence-electron chi connectivity index (χ3n) is 2.16. The van der Waals surface area contributed by atoms with Crippen LogP contribution in [0.2, 0.25) is 0 Å². The van der Waals surface area contributed by atoms with Gasteiger partial charge in [-0.25, -0.2) is 9.07 Å². The molecule has 2 rings (SSSR count). The standard InChI is InChI=1S/C11H12FN3/c1-13-8-9-7-10(12)3-4-11(9)15-6-2-5-14-15/h2-7,13H,8H2,1H3. The lowest BCUT2D eigenvalue weighted by Crippen LogP contribution is -2.09. The van der Waals surface area contributed by atoms with E-state index in [2.05, 4.69) is 10.4 Å². The molecule has 15 heavy (non-hydrogen) atoms. The zero-order chi connectivity index (χ0) is 10.7. The van der Waals surface area contributed by atoms with Crippen molar-refractivity contribution in [3.63, 3.8) is 0 Å². The van der Waals surface area contributed by atoms with Crippen LogP contribution in [0.15, 0.2) is 36.7 Å². The molecular weight excluding hydrogens is 193 g/mol. The van der Waals surface area contributed by atoms with Crippen molar-refractivity contribution in [3.05, 3.63) is 48.0 Å². The van der Waals surface area contributed by atoms with Gasteiger partial charge in [-0.2, -0.15) is 5.10 Å². The molecule has 1 N–H and O–H groups in total. The lowest BCUT2D eigenvalue weighted by molar-refractivity contribution is 0.622. The lowest BCUT2D eigenvalue weighted by Gasteiger charge is -2.09. The fourth-order valence-corrected chi connectivity index (χ4v) is 1.52. The Hall–Kier alpha value is -1.68. The van der Waals surface area contributed by atoms with Crippen molar-refractivity contribution in [3.8, 4) is 5.69 Å². The minimum absolute atomic E-state index is 0.226. The first kappa shape index (κ1) is 9.86. The summed E-state index contributed by atoms with van der Waals surface area (Å²) in [7, 11) is 1.83. The van der Waals surface area contributed by atoms with Crippen LogP contribution in [0.4, 0.5) is 4.39 Å². The van der Waals surface area contributed by atoms with Crippen molar-refractivity contribution < 1.29 is 4.39 Å². The molecule has 0 bridgehead atoms. The number of hydrogen-bond donors (Lipinski definition) is 1. The second-order valence-electron chi connectivity index (χ2n) is 3.25. The summed E-state index contributed by atoms with van der Waals surface area (Å²) >= 11 is 0. The van der Waals surface area contributed by atoms with Gasteiger partial charge in [0.1, 0.15) is 5.82 Å². The molecule has 0 radical (unpaired) electrons. The molecule has 0 aliphatic heterocycles. The van der Waals surface area contributed by atoms with E-state index in [4.69, 9.17) is 0 Å². The average Bonchev–Trinajstić information content (AvgIpc) is 2.71. The fourth-order valence-electron chi connectivity index (χ4n) is 1.52. The highest BCUT2D eigenvalue weighted by Gasteiger charge is 2.05. The Bertz CT molecular complexity index is 437. The van der Waals surface area contributed by atoms with Crippen LogP contribution in [-0.4, -0.2) is 16.8 Å². The molecule has 1 heterocycles. The van der Waals surface area contributed by atoms with Crippen LogP contribution in [0, 0.1) is 5.82 Å². The van der Waals surface area contributed by atoms with E-state index in [1.165, 1.54) is 12.1 Å². The highest BCUT2D eigenvalue weighted by atomic mass is 19.1. The number of benzene rings is 1. The summed E-state index contributed by atoms with van der Waals surface area (Å²) in [5.41, 5.74) is 1.79. The lowest BCUT2D eigenvalue weighted by atomic mass is 10.1. The summed E-state index contributed by atoms with van der Waals surface area (Å²) in [6.07, 6.45) is 3.54. The third-order valence-corrected chi connectivity index (χ3v) is 2.16. The molecule has 1 aromatic carbocycles. The molecule has 0 atom stereocenters. The van der Waals surface area contributed by atoms with Crippen LogP contribution in [0.25, 0.3) is 5.69 Å². The molecule has 0 saturated heterocycles. The Morgan fingerprint density at radius 1 is 1.47 bits per heavy atom. The fraction of sp³-hybridized carbons (Fsp3) is 0.182. The van der Waals surface area contributed by atoms with Gasteiger partial charge in [0.2, 0.25) is 0 Å². The van der Waals surface area contributed by atoms with Crippen molar-refractivity contribution in [2.24, 2.45) is 0 Å². The second-order valence-corrected chi connectivity index (χ2v) is 3.25. The van der Waals surface area contributed by atoms with Crippen LogP contribution in [-0.2, 0) is 6.54 Å².